The molecule has 0 saturated carbocycles. The van der Waals surface area contributed by atoms with Crippen LogP contribution in [0.2, 0.25) is 0 Å². The van der Waals surface area contributed by atoms with E-state index in [1.54, 1.807) is 42.1 Å². The van der Waals surface area contributed by atoms with Gasteiger partial charge in [0.15, 0.2) is 0 Å². The third kappa shape index (κ3) is 6.12. The lowest BCUT2D eigenvalue weighted by molar-refractivity contribution is -0.115. The van der Waals surface area contributed by atoms with Gasteiger partial charge in [0.05, 0.1) is 11.3 Å². The Morgan fingerprint density at radius 2 is 1.84 bits per heavy atom. The van der Waals surface area contributed by atoms with Crippen LogP contribution in [0.3, 0.4) is 0 Å². The van der Waals surface area contributed by atoms with E-state index in [-0.39, 0.29) is 11.8 Å². The van der Waals surface area contributed by atoms with Gasteiger partial charge in [0.1, 0.15) is 0 Å². The number of hydrogen-bond acceptors (Lipinski definition) is 3. The molecule has 0 saturated heterocycles. The molecule has 0 atom stereocenters. The molecule has 4 nitrogen and oxygen atoms in total. The molecule has 0 radical (unpaired) electrons. The highest BCUT2D eigenvalue weighted by Crippen LogP contribution is 2.20. The van der Waals surface area contributed by atoms with E-state index < -0.39 is 0 Å². The molecule has 0 aliphatic rings. The number of anilines is 1. The standard InChI is InChI=1S/C20H22N2O2S/c1-3-13-21-20(24)17-6-4-5-7-18(17)22-19(23)12-14-25-16-10-8-15(2)9-11-16/h3-11H,1,12-14H2,2H3,(H,21,24)(H,22,23). The lowest BCUT2D eigenvalue weighted by Gasteiger charge is -2.11. The fourth-order valence-electron chi connectivity index (χ4n) is 2.16. The van der Waals surface area contributed by atoms with Crippen molar-refractivity contribution < 1.29 is 9.59 Å². The van der Waals surface area contributed by atoms with E-state index in [1.807, 2.05) is 6.92 Å². The molecular formula is C20H22N2O2S. The van der Waals surface area contributed by atoms with Gasteiger partial charge in [-0.3, -0.25) is 9.59 Å². The molecule has 2 amide bonds. The summed E-state index contributed by atoms with van der Waals surface area (Å²) in [6.07, 6.45) is 1.99. The van der Waals surface area contributed by atoms with E-state index in [1.165, 1.54) is 5.56 Å². The Morgan fingerprint density at radius 1 is 1.12 bits per heavy atom. The van der Waals surface area contributed by atoms with Gasteiger partial charge in [0.2, 0.25) is 5.91 Å². The van der Waals surface area contributed by atoms with Crippen molar-refractivity contribution in [3.63, 3.8) is 0 Å². The zero-order chi connectivity index (χ0) is 18.1. The number of thioether (sulfide) groups is 1. The quantitative estimate of drug-likeness (QED) is 0.556. The minimum Gasteiger partial charge on any atom is -0.349 e. The number of amides is 2. The minimum absolute atomic E-state index is 0.108. The first-order chi connectivity index (χ1) is 12.1. The van der Waals surface area contributed by atoms with Crippen LogP contribution in [-0.2, 0) is 4.79 Å². The smallest absolute Gasteiger partial charge is 0.253 e. The molecular weight excluding hydrogens is 332 g/mol. The molecule has 0 heterocycles. The number of para-hydroxylation sites is 1. The summed E-state index contributed by atoms with van der Waals surface area (Å²) in [4.78, 5) is 25.4. The van der Waals surface area contributed by atoms with Crippen molar-refractivity contribution in [2.45, 2.75) is 18.2 Å². The van der Waals surface area contributed by atoms with Gasteiger partial charge in [-0.1, -0.05) is 35.9 Å². The Bertz CT molecular complexity index is 742. The topological polar surface area (TPSA) is 58.2 Å². The summed E-state index contributed by atoms with van der Waals surface area (Å²) in [7, 11) is 0. The minimum atomic E-state index is -0.232. The largest absolute Gasteiger partial charge is 0.349 e. The Hall–Kier alpha value is -2.53. The number of carbonyl (C=O) groups excluding carboxylic acids is 2. The highest BCUT2D eigenvalue weighted by atomic mass is 32.2. The van der Waals surface area contributed by atoms with Crippen LogP contribution < -0.4 is 10.6 Å². The summed E-state index contributed by atoms with van der Waals surface area (Å²) in [5.41, 5.74) is 2.19. The van der Waals surface area contributed by atoms with Crippen molar-refractivity contribution in [1.29, 1.82) is 0 Å². The fraction of sp³-hybridized carbons (Fsp3) is 0.200. The number of hydrogen-bond donors (Lipinski definition) is 2. The monoisotopic (exact) mass is 354 g/mol. The number of benzene rings is 2. The molecule has 2 aromatic rings. The maximum Gasteiger partial charge on any atom is 0.253 e. The lowest BCUT2D eigenvalue weighted by atomic mass is 10.1. The highest BCUT2D eigenvalue weighted by molar-refractivity contribution is 7.99. The normalized spacial score (nSPS) is 10.1. The van der Waals surface area contributed by atoms with E-state index in [9.17, 15) is 9.59 Å². The van der Waals surface area contributed by atoms with Crippen LogP contribution in [0.1, 0.15) is 22.3 Å². The first kappa shape index (κ1) is 18.8. The molecule has 0 aromatic heterocycles. The summed E-state index contributed by atoms with van der Waals surface area (Å²) >= 11 is 1.64. The van der Waals surface area contributed by atoms with Crippen molar-refractivity contribution >= 4 is 29.3 Å². The van der Waals surface area contributed by atoms with Crippen LogP contribution in [0.25, 0.3) is 0 Å². The van der Waals surface area contributed by atoms with Gasteiger partial charge in [-0.15, -0.1) is 18.3 Å². The maximum atomic E-state index is 12.2. The van der Waals surface area contributed by atoms with E-state index in [0.29, 0.717) is 30.0 Å². The summed E-state index contributed by atoms with van der Waals surface area (Å²) in [5, 5.41) is 5.54. The molecule has 130 valence electrons. The second-order valence-corrected chi connectivity index (χ2v) is 6.67. The molecule has 2 aromatic carbocycles. The van der Waals surface area contributed by atoms with E-state index >= 15 is 0 Å². The number of nitrogens with one attached hydrogen (secondary N) is 2. The zero-order valence-electron chi connectivity index (χ0n) is 14.2. The van der Waals surface area contributed by atoms with Gasteiger partial charge in [-0.2, -0.15) is 0 Å². The third-order valence-corrected chi connectivity index (χ3v) is 4.49. The first-order valence-electron chi connectivity index (χ1n) is 8.07. The van der Waals surface area contributed by atoms with Crippen LogP contribution in [0.4, 0.5) is 5.69 Å². The molecule has 0 fully saturated rings. The maximum absolute atomic E-state index is 12.2. The van der Waals surface area contributed by atoms with Crippen LogP contribution in [-0.4, -0.2) is 24.1 Å². The Kier molecular flexibility index (Phi) is 7.29. The van der Waals surface area contributed by atoms with E-state index in [4.69, 9.17) is 0 Å². The van der Waals surface area contributed by atoms with Gasteiger partial charge < -0.3 is 10.6 Å². The van der Waals surface area contributed by atoms with Crippen LogP contribution in [0.5, 0.6) is 0 Å². The number of rotatable bonds is 8. The lowest BCUT2D eigenvalue weighted by Crippen LogP contribution is -2.25. The SMILES string of the molecule is C=CCNC(=O)c1ccccc1NC(=O)CCSc1ccc(C)cc1. The fourth-order valence-corrected chi connectivity index (χ4v) is 3.01. The van der Waals surface area contributed by atoms with Crippen molar-refractivity contribution in [1.82, 2.24) is 5.32 Å². The predicted octanol–water partition coefficient (Wildman–Crippen LogP) is 4.03. The van der Waals surface area contributed by atoms with Crippen molar-refractivity contribution in [3.05, 3.63) is 72.3 Å². The van der Waals surface area contributed by atoms with Gasteiger partial charge in [-0.25, -0.2) is 0 Å². The zero-order valence-corrected chi connectivity index (χ0v) is 15.1. The van der Waals surface area contributed by atoms with Crippen molar-refractivity contribution in [2.24, 2.45) is 0 Å². The van der Waals surface area contributed by atoms with Gasteiger partial charge in [0, 0.05) is 23.6 Å². The molecule has 2 rings (SSSR count). The van der Waals surface area contributed by atoms with E-state index in [0.717, 1.165) is 4.90 Å². The molecule has 0 bridgehead atoms. The first-order valence-corrected chi connectivity index (χ1v) is 9.06. The second-order valence-electron chi connectivity index (χ2n) is 5.50. The van der Waals surface area contributed by atoms with Crippen LogP contribution in [0, 0.1) is 6.92 Å². The average molecular weight is 354 g/mol. The van der Waals surface area contributed by atoms with Crippen molar-refractivity contribution in [2.75, 3.05) is 17.6 Å². The highest BCUT2D eigenvalue weighted by Gasteiger charge is 2.12. The Morgan fingerprint density at radius 3 is 2.56 bits per heavy atom. The molecule has 0 spiro atoms. The molecule has 0 aliphatic heterocycles. The van der Waals surface area contributed by atoms with Gasteiger partial charge in [-0.05, 0) is 31.2 Å². The third-order valence-electron chi connectivity index (χ3n) is 3.47. The second kappa shape index (κ2) is 9.69. The van der Waals surface area contributed by atoms with Crippen molar-refractivity contribution in [3.8, 4) is 0 Å². The van der Waals surface area contributed by atoms with Gasteiger partial charge >= 0.3 is 0 Å². The van der Waals surface area contributed by atoms with E-state index in [2.05, 4.69) is 41.5 Å². The summed E-state index contributed by atoms with van der Waals surface area (Å²) in [6, 6.07) is 15.2. The summed E-state index contributed by atoms with van der Waals surface area (Å²) < 4.78 is 0. The molecule has 5 heteroatoms. The number of aryl methyl sites for hydroxylation is 1. The molecule has 25 heavy (non-hydrogen) atoms. The van der Waals surface area contributed by atoms with Crippen LogP contribution >= 0.6 is 11.8 Å². The molecule has 0 aliphatic carbocycles. The average Bonchev–Trinajstić information content (AvgIpc) is 2.62. The predicted molar refractivity (Wildman–Crippen MR) is 104 cm³/mol. The molecule has 0 unspecified atom stereocenters. The number of carbonyl (C=O) groups is 2. The molecule has 2 N–H and O–H groups in total. The summed E-state index contributed by atoms with van der Waals surface area (Å²) in [6.45, 7) is 6.00. The Balaban J connectivity index is 1.88. The Labute approximate surface area is 152 Å². The van der Waals surface area contributed by atoms with Crippen LogP contribution in [0.15, 0.2) is 66.1 Å². The van der Waals surface area contributed by atoms with Gasteiger partial charge in [0.25, 0.3) is 5.91 Å². The summed E-state index contributed by atoms with van der Waals surface area (Å²) in [5.74, 6) is 0.341.